The van der Waals surface area contributed by atoms with Gasteiger partial charge in [0.2, 0.25) is 0 Å². The first kappa shape index (κ1) is 16.5. The molecule has 1 heterocycles. The lowest BCUT2D eigenvalue weighted by atomic mass is 9.99. The molecule has 0 aliphatic heterocycles. The first-order valence-electron chi connectivity index (χ1n) is 6.78. The van der Waals surface area contributed by atoms with Gasteiger partial charge in [-0.05, 0) is 84.8 Å². The lowest BCUT2D eigenvalue weighted by Gasteiger charge is -2.21. The van der Waals surface area contributed by atoms with Crippen LogP contribution in [0.15, 0.2) is 28.7 Å². The highest BCUT2D eigenvalue weighted by atomic mass is 127. The van der Waals surface area contributed by atoms with Crippen molar-refractivity contribution in [2.24, 2.45) is 0 Å². The van der Waals surface area contributed by atoms with Gasteiger partial charge in [-0.1, -0.05) is 22.9 Å². The van der Waals surface area contributed by atoms with Gasteiger partial charge in [0.15, 0.2) is 0 Å². The fourth-order valence-corrected chi connectivity index (χ4v) is 4.34. The Morgan fingerprint density at radius 2 is 2.00 bits per heavy atom. The van der Waals surface area contributed by atoms with E-state index in [4.69, 9.17) is 0 Å². The third kappa shape index (κ3) is 3.84. The van der Waals surface area contributed by atoms with Gasteiger partial charge < -0.3 is 5.32 Å². The summed E-state index contributed by atoms with van der Waals surface area (Å²) in [5.74, 6) is 0. The summed E-state index contributed by atoms with van der Waals surface area (Å²) in [5.41, 5.74) is 2.77. The minimum absolute atomic E-state index is 0.282. The van der Waals surface area contributed by atoms with Crippen molar-refractivity contribution in [3.8, 4) is 0 Å². The highest BCUT2D eigenvalue weighted by molar-refractivity contribution is 14.1. The predicted molar refractivity (Wildman–Crippen MR) is 101 cm³/mol. The number of benzene rings is 1. The zero-order chi connectivity index (χ0) is 14.7. The van der Waals surface area contributed by atoms with Crippen LogP contribution in [0.3, 0.4) is 0 Å². The van der Waals surface area contributed by atoms with Crippen LogP contribution in [0.4, 0.5) is 0 Å². The van der Waals surface area contributed by atoms with Crippen LogP contribution in [0, 0.1) is 17.4 Å². The van der Waals surface area contributed by atoms with Gasteiger partial charge in [0.25, 0.3) is 0 Å². The summed E-state index contributed by atoms with van der Waals surface area (Å²) in [4.78, 5) is 2.79. The van der Waals surface area contributed by atoms with E-state index >= 15 is 0 Å². The molecule has 1 aromatic carbocycles. The molecule has 0 amide bonds. The SMILES string of the molecule is CCCNC(c1cc(Br)ccc1I)c1cc(C)sc1C. The molecule has 20 heavy (non-hydrogen) atoms. The average Bonchev–Trinajstić information content (AvgIpc) is 2.73. The van der Waals surface area contributed by atoms with Gasteiger partial charge in [0, 0.05) is 17.8 Å². The minimum atomic E-state index is 0.282. The van der Waals surface area contributed by atoms with Crippen molar-refractivity contribution in [3.63, 3.8) is 0 Å². The number of hydrogen-bond acceptors (Lipinski definition) is 2. The molecular formula is C16H19BrINS. The summed E-state index contributed by atoms with van der Waals surface area (Å²) in [5, 5.41) is 3.71. The predicted octanol–water partition coefficient (Wildman–Crippen LogP) is 5.82. The molecule has 1 atom stereocenters. The Bertz CT molecular complexity index is 594. The van der Waals surface area contributed by atoms with Crippen LogP contribution < -0.4 is 5.32 Å². The highest BCUT2D eigenvalue weighted by Gasteiger charge is 2.19. The molecule has 4 heteroatoms. The largest absolute Gasteiger partial charge is 0.306 e. The van der Waals surface area contributed by atoms with E-state index < -0.39 is 0 Å². The molecule has 0 saturated heterocycles. The van der Waals surface area contributed by atoms with Crippen molar-refractivity contribution in [2.45, 2.75) is 33.2 Å². The second-order valence-corrected chi connectivity index (χ2v) is 8.46. The Hall–Kier alpha value is 0.0900. The fourth-order valence-electron chi connectivity index (χ4n) is 2.35. The van der Waals surface area contributed by atoms with Crippen molar-refractivity contribution in [1.82, 2.24) is 5.32 Å². The topological polar surface area (TPSA) is 12.0 Å². The number of aryl methyl sites for hydroxylation is 2. The van der Waals surface area contributed by atoms with Gasteiger partial charge >= 0.3 is 0 Å². The van der Waals surface area contributed by atoms with E-state index in [9.17, 15) is 0 Å². The number of halogens is 2. The molecule has 0 spiro atoms. The van der Waals surface area contributed by atoms with Crippen LogP contribution >= 0.6 is 49.9 Å². The second kappa shape index (κ2) is 7.38. The molecule has 0 radical (unpaired) electrons. The van der Waals surface area contributed by atoms with E-state index in [0.717, 1.165) is 17.4 Å². The maximum absolute atomic E-state index is 3.71. The van der Waals surface area contributed by atoms with Crippen molar-refractivity contribution in [2.75, 3.05) is 6.54 Å². The van der Waals surface area contributed by atoms with Gasteiger partial charge in [0.1, 0.15) is 0 Å². The maximum atomic E-state index is 3.71. The van der Waals surface area contributed by atoms with Crippen molar-refractivity contribution in [1.29, 1.82) is 0 Å². The van der Waals surface area contributed by atoms with Crippen LogP contribution in [0.2, 0.25) is 0 Å². The Morgan fingerprint density at radius 1 is 1.25 bits per heavy atom. The molecule has 108 valence electrons. The van der Waals surface area contributed by atoms with E-state index in [1.807, 2.05) is 11.3 Å². The smallest absolute Gasteiger partial charge is 0.0598 e. The summed E-state index contributed by atoms with van der Waals surface area (Å²) in [6, 6.07) is 9.12. The molecule has 2 rings (SSSR count). The summed E-state index contributed by atoms with van der Waals surface area (Å²) < 4.78 is 2.45. The quantitative estimate of drug-likeness (QED) is 0.550. The lowest BCUT2D eigenvalue weighted by Crippen LogP contribution is -2.24. The van der Waals surface area contributed by atoms with E-state index in [0.29, 0.717) is 0 Å². The van der Waals surface area contributed by atoms with Crippen molar-refractivity contribution < 1.29 is 0 Å². The number of hydrogen-bond donors (Lipinski definition) is 1. The molecule has 2 aromatic rings. The van der Waals surface area contributed by atoms with Gasteiger partial charge in [-0.15, -0.1) is 11.3 Å². The zero-order valence-electron chi connectivity index (χ0n) is 12.0. The molecule has 0 fully saturated rings. The molecular weight excluding hydrogens is 445 g/mol. The first-order valence-corrected chi connectivity index (χ1v) is 9.47. The third-order valence-electron chi connectivity index (χ3n) is 3.26. The van der Waals surface area contributed by atoms with Gasteiger partial charge in [-0.2, -0.15) is 0 Å². The summed E-state index contributed by atoms with van der Waals surface area (Å²) in [6.45, 7) is 7.64. The summed E-state index contributed by atoms with van der Waals surface area (Å²) in [6.07, 6.45) is 1.14. The molecule has 1 nitrogen and oxygen atoms in total. The van der Waals surface area contributed by atoms with Crippen molar-refractivity contribution >= 4 is 49.9 Å². The zero-order valence-corrected chi connectivity index (χ0v) is 16.5. The van der Waals surface area contributed by atoms with E-state index in [-0.39, 0.29) is 6.04 Å². The monoisotopic (exact) mass is 463 g/mol. The van der Waals surface area contributed by atoms with E-state index in [1.165, 1.54) is 24.5 Å². The summed E-state index contributed by atoms with van der Waals surface area (Å²) >= 11 is 7.91. The molecule has 1 N–H and O–H groups in total. The van der Waals surface area contributed by atoms with Gasteiger partial charge in [-0.25, -0.2) is 0 Å². The Morgan fingerprint density at radius 3 is 2.60 bits per heavy atom. The lowest BCUT2D eigenvalue weighted by molar-refractivity contribution is 0.596. The highest BCUT2D eigenvalue weighted by Crippen LogP contribution is 2.34. The number of nitrogens with one attached hydrogen (secondary N) is 1. The fraction of sp³-hybridized carbons (Fsp3) is 0.375. The molecule has 0 aliphatic rings. The normalized spacial score (nSPS) is 12.7. The van der Waals surface area contributed by atoms with Crippen LogP contribution in [-0.2, 0) is 0 Å². The minimum Gasteiger partial charge on any atom is -0.306 e. The molecule has 0 bridgehead atoms. The second-order valence-electron chi connectivity index (χ2n) is 4.92. The average molecular weight is 464 g/mol. The van der Waals surface area contributed by atoms with Crippen LogP contribution in [0.5, 0.6) is 0 Å². The number of rotatable bonds is 5. The van der Waals surface area contributed by atoms with Gasteiger partial charge in [-0.3, -0.25) is 0 Å². The standard InChI is InChI=1S/C16H19BrINS/c1-4-7-19-16(13-8-10(2)20-11(13)3)14-9-12(17)5-6-15(14)18/h5-6,8-9,16,19H,4,7H2,1-3H3. The van der Waals surface area contributed by atoms with E-state index in [2.05, 4.69) is 88.9 Å². The molecule has 1 aromatic heterocycles. The summed E-state index contributed by atoms with van der Waals surface area (Å²) in [7, 11) is 0. The maximum Gasteiger partial charge on any atom is 0.0598 e. The van der Waals surface area contributed by atoms with Crippen LogP contribution in [0.1, 0.15) is 40.3 Å². The van der Waals surface area contributed by atoms with Crippen LogP contribution in [-0.4, -0.2) is 6.54 Å². The van der Waals surface area contributed by atoms with Crippen molar-refractivity contribution in [3.05, 3.63) is 53.2 Å². The van der Waals surface area contributed by atoms with E-state index in [1.54, 1.807) is 0 Å². The molecule has 1 unspecified atom stereocenters. The number of thiophene rings is 1. The van der Waals surface area contributed by atoms with Gasteiger partial charge in [0.05, 0.1) is 6.04 Å². The Kier molecular flexibility index (Phi) is 6.08. The Labute approximate surface area is 147 Å². The first-order chi connectivity index (χ1) is 9.52. The molecule has 0 saturated carbocycles. The Balaban J connectivity index is 2.46. The molecule has 0 aliphatic carbocycles. The van der Waals surface area contributed by atoms with Crippen LogP contribution in [0.25, 0.3) is 0 Å². The third-order valence-corrected chi connectivity index (χ3v) is 5.72.